The minimum absolute atomic E-state index is 0.117. The summed E-state index contributed by atoms with van der Waals surface area (Å²) in [6.45, 7) is 0. The molecule has 0 saturated heterocycles. The van der Waals surface area contributed by atoms with E-state index in [1.54, 1.807) is 0 Å². The van der Waals surface area contributed by atoms with Gasteiger partial charge >= 0.3 is 0 Å². The second-order valence-corrected chi connectivity index (χ2v) is 6.84. The summed E-state index contributed by atoms with van der Waals surface area (Å²) in [5.41, 5.74) is 0. The first-order chi connectivity index (χ1) is 6.52. The molecular formula is C9H13NO2S2. The van der Waals surface area contributed by atoms with Crippen LogP contribution in [-0.2, 0) is 9.84 Å². The lowest BCUT2D eigenvalue weighted by atomic mass is 9.95. The Labute approximate surface area is 89.5 Å². The van der Waals surface area contributed by atoms with Gasteiger partial charge in [-0.15, -0.1) is 0 Å². The average Bonchev–Trinajstić information content (AvgIpc) is 2.61. The maximum Gasteiger partial charge on any atom is 0.150 e. The van der Waals surface area contributed by atoms with Crippen molar-refractivity contribution in [3.05, 3.63) is 0 Å². The average molecular weight is 231 g/mol. The van der Waals surface area contributed by atoms with Crippen LogP contribution in [0.1, 0.15) is 19.3 Å². The fraction of sp³-hybridized carbons (Fsp3) is 0.889. The summed E-state index contributed by atoms with van der Waals surface area (Å²) in [4.78, 5) is 4.07. The molecule has 0 heterocycles. The van der Waals surface area contributed by atoms with Gasteiger partial charge in [0.1, 0.15) is 0 Å². The number of nitrogens with zero attached hydrogens (tertiary/aromatic N) is 1. The summed E-state index contributed by atoms with van der Waals surface area (Å²) in [6.07, 6.45) is 4.16. The predicted molar refractivity (Wildman–Crippen MR) is 58.3 cm³/mol. The van der Waals surface area contributed by atoms with E-state index in [9.17, 15) is 8.42 Å². The number of aliphatic imine (C=N–C) groups is 1. The summed E-state index contributed by atoms with van der Waals surface area (Å²) in [6, 6.07) is 0.117. The zero-order chi connectivity index (χ0) is 10.3. The molecule has 0 radical (unpaired) electrons. The molecule has 2 fully saturated rings. The maximum absolute atomic E-state index is 11.5. The van der Waals surface area contributed by atoms with Crippen LogP contribution < -0.4 is 0 Å². The van der Waals surface area contributed by atoms with Crippen LogP contribution in [0.4, 0.5) is 0 Å². The lowest BCUT2D eigenvalue weighted by Gasteiger charge is -2.24. The highest BCUT2D eigenvalue weighted by Gasteiger charge is 2.50. The van der Waals surface area contributed by atoms with Crippen LogP contribution in [0, 0.1) is 11.8 Å². The topological polar surface area (TPSA) is 46.5 Å². The number of rotatable bonds is 2. The molecule has 5 heteroatoms. The lowest BCUT2D eigenvalue weighted by Crippen LogP contribution is -2.33. The number of thiocarbonyl (C=S) groups is 1. The molecule has 0 aromatic rings. The van der Waals surface area contributed by atoms with E-state index in [0.29, 0.717) is 5.92 Å². The quantitative estimate of drug-likeness (QED) is 0.531. The molecule has 2 bridgehead atoms. The van der Waals surface area contributed by atoms with Crippen molar-refractivity contribution in [3.63, 3.8) is 0 Å². The molecule has 0 aromatic carbocycles. The summed E-state index contributed by atoms with van der Waals surface area (Å²) in [5.74, 6) is 0.738. The molecule has 2 unspecified atom stereocenters. The summed E-state index contributed by atoms with van der Waals surface area (Å²) >= 11 is 4.57. The Morgan fingerprint density at radius 1 is 1.36 bits per heavy atom. The molecule has 2 rings (SSSR count). The van der Waals surface area contributed by atoms with Gasteiger partial charge in [-0.05, 0) is 43.3 Å². The highest BCUT2D eigenvalue weighted by Crippen LogP contribution is 2.48. The van der Waals surface area contributed by atoms with Crippen molar-refractivity contribution < 1.29 is 8.42 Å². The molecule has 14 heavy (non-hydrogen) atoms. The second-order valence-electron chi connectivity index (χ2n) is 4.39. The molecule has 3 nitrogen and oxygen atoms in total. The van der Waals surface area contributed by atoms with Crippen molar-refractivity contribution in [1.29, 1.82) is 0 Å². The van der Waals surface area contributed by atoms with Crippen LogP contribution in [0.15, 0.2) is 4.99 Å². The SMILES string of the molecule is CS(=O)(=O)[C@@H]1CC2CC1[C@H](N=C=S)C2. The monoisotopic (exact) mass is 231 g/mol. The lowest BCUT2D eigenvalue weighted by molar-refractivity contribution is 0.416. The Morgan fingerprint density at radius 2 is 2.07 bits per heavy atom. The van der Waals surface area contributed by atoms with Crippen LogP contribution in [0.5, 0.6) is 0 Å². The van der Waals surface area contributed by atoms with Crippen LogP contribution in [0.25, 0.3) is 0 Å². The molecule has 4 atom stereocenters. The standard InChI is InChI=1S/C9H13NO2S2/c1-14(11,12)9-4-6-2-7(9)8(3-6)10-5-13/h6-9H,2-4H2,1H3/t6?,7?,8-,9-/m1/s1. The summed E-state index contributed by atoms with van der Waals surface area (Å²) < 4.78 is 23.0. The van der Waals surface area contributed by atoms with Crippen molar-refractivity contribution in [2.45, 2.75) is 30.6 Å². The second kappa shape index (κ2) is 3.40. The minimum atomic E-state index is -2.91. The summed E-state index contributed by atoms with van der Waals surface area (Å²) in [5, 5.41) is 2.20. The van der Waals surface area contributed by atoms with E-state index in [2.05, 4.69) is 22.4 Å². The number of hydrogen-bond donors (Lipinski definition) is 0. The smallest absolute Gasteiger partial charge is 0.150 e. The van der Waals surface area contributed by atoms with Crippen LogP contribution >= 0.6 is 12.2 Å². The Morgan fingerprint density at radius 3 is 2.57 bits per heavy atom. The van der Waals surface area contributed by atoms with E-state index in [-0.39, 0.29) is 17.2 Å². The van der Waals surface area contributed by atoms with Crippen molar-refractivity contribution in [2.75, 3.05) is 6.26 Å². The Kier molecular flexibility index (Phi) is 2.50. The molecule has 2 saturated carbocycles. The third-order valence-electron chi connectivity index (χ3n) is 3.49. The van der Waals surface area contributed by atoms with Gasteiger partial charge in [-0.2, -0.15) is 0 Å². The Hall–Kier alpha value is -0.250. The number of sulfone groups is 1. The van der Waals surface area contributed by atoms with Gasteiger partial charge in [-0.1, -0.05) is 0 Å². The van der Waals surface area contributed by atoms with E-state index in [4.69, 9.17) is 0 Å². The number of hydrogen-bond acceptors (Lipinski definition) is 4. The molecule has 0 spiro atoms. The molecule has 2 aliphatic carbocycles. The normalized spacial score (nSPS) is 40.9. The number of fused-ring (bicyclic) bond motifs is 2. The van der Waals surface area contributed by atoms with Crippen molar-refractivity contribution >= 4 is 27.2 Å². The van der Waals surface area contributed by atoms with E-state index in [0.717, 1.165) is 19.3 Å². The van der Waals surface area contributed by atoms with E-state index in [1.165, 1.54) is 6.26 Å². The van der Waals surface area contributed by atoms with E-state index < -0.39 is 9.84 Å². The van der Waals surface area contributed by atoms with Gasteiger partial charge in [0.25, 0.3) is 0 Å². The minimum Gasteiger partial charge on any atom is -0.229 e. The van der Waals surface area contributed by atoms with Crippen molar-refractivity contribution in [2.24, 2.45) is 16.8 Å². The zero-order valence-corrected chi connectivity index (χ0v) is 9.64. The maximum atomic E-state index is 11.5. The first-order valence-corrected chi connectivity index (χ1v) is 7.14. The summed E-state index contributed by atoms with van der Waals surface area (Å²) in [7, 11) is -2.91. The van der Waals surface area contributed by atoms with Gasteiger partial charge in [0.05, 0.1) is 16.5 Å². The van der Waals surface area contributed by atoms with Gasteiger partial charge in [-0.3, -0.25) is 0 Å². The van der Waals surface area contributed by atoms with Crippen LogP contribution in [-0.4, -0.2) is 31.1 Å². The third kappa shape index (κ3) is 1.64. The zero-order valence-electron chi connectivity index (χ0n) is 8.01. The Bertz CT molecular complexity index is 384. The van der Waals surface area contributed by atoms with Gasteiger partial charge in [0.15, 0.2) is 9.84 Å². The first kappa shape index (κ1) is 10.3. The molecule has 0 N–H and O–H groups in total. The van der Waals surface area contributed by atoms with Crippen molar-refractivity contribution in [1.82, 2.24) is 0 Å². The Balaban J connectivity index is 2.23. The van der Waals surface area contributed by atoms with E-state index in [1.807, 2.05) is 0 Å². The highest BCUT2D eigenvalue weighted by atomic mass is 32.2. The van der Waals surface area contributed by atoms with Crippen LogP contribution in [0.3, 0.4) is 0 Å². The van der Waals surface area contributed by atoms with E-state index >= 15 is 0 Å². The third-order valence-corrected chi connectivity index (χ3v) is 5.23. The highest BCUT2D eigenvalue weighted by molar-refractivity contribution is 7.91. The first-order valence-electron chi connectivity index (χ1n) is 4.78. The van der Waals surface area contributed by atoms with Crippen molar-refractivity contribution in [3.8, 4) is 0 Å². The largest absolute Gasteiger partial charge is 0.229 e. The van der Waals surface area contributed by atoms with Gasteiger partial charge in [0, 0.05) is 6.26 Å². The van der Waals surface area contributed by atoms with Gasteiger partial charge in [0.2, 0.25) is 0 Å². The number of isothiocyanates is 1. The molecule has 0 aromatic heterocycles. The molecule has 0 aliphatic heterocycles. The molecule has 2 aliphatic rings. The molecular weight excluding hydrogens is 218 g/mol. The molecule has 78 valence electrons. The predicted octanol–water partition coefficient (Wildman–Crippen LogP) is 1.30. The fourth-order valence-corrected chi connectivity index (χ4v) is 4.64. The molecule has 0 amide bonds. The fourth-order valence-electron chi connectivity index (χ4n) is 2.96. The van der Waals surface area contributed by atoms with Gasteiger partial charge in [-0.25, -0.2) is 13.4 Å². The van der Waals surface area contributed by atoms with Gasteiger partial charge < -0.3 is 0 Å². The van der Waals surface area contributed by atoms with Crippen LogP contribution in [0.2, 0.25) is 0 Å².